The van der Waals surface area contributed by atoms with Crippen molar-refractivity contribution in [2.24, 2.45) is 0 Å². The molecule has 11 heavy (non-hydrogen) atoms. The minimum atomic E-state index is -2.74. The maximum atomic E-state index is 12.6. The molecule has 0 aromatic carbocycles. The average molecular weight is 162 g/mol. The molecule has 2 nitrogen and oxygen atoms in total. The van der Waals surface area contributed by atoms with Gasteiger partial charge in [-0.15, -0.1) is 0 Å². The summed E-state index contributed by atoms with van der Waals surface area (Å²) >= 11 is 0. The van der Waals surface area contributed by atoms with E-state index in [1.165, 1.54) is 6.20 Å². The molecule has 0 unspecified atom stereocenters. The van der Waals surface area contributed by atoms with Crippen molar-refractivity contribution in [3.63, 3.8) is 0 Å². The van der Waals surface area contributed by atoms with Gasteiger partial charge in [0.25, 0.3) is 0 Å². The quantitative estimate of drug-likeness (QED) is 0.570. The van der Waals surface area contributed by atoms with E-state index in [2.05, 4.69) is 0 Å². The number of alkyl halides is 2. The molecule has 0 saturated carbocycles. The second kappa shape index (κ2) is 2.68. The molecule has 0 spiro atoms. The lowest BCUT2D eigenvalue weighted by atomic mass is 10.5. The molecule has 1 heterocycles. The van der Waals surface area contributed by atoms with E-state index >= 15 is 0 Å². The molecule has 0 aromatic rings. The Morgan fingerprint density at radius 3 is 2.36 bits per heavy atom. The van der Waals surface area contributed by atoms with Crippen LogP contribution in [0.4, 0.5) is 8.78 Å². The summed E-state index contributed by atoms with van der Waals surface area (Å²) in [6.45, 7) is 3.89. The Bertz CT molecular complexity index is 162. The van der Waals surface area contributed by atoms with Gasteiger partial charge < -0.3 is 9.80 Å². The van der Waals surface area contributed by atoms with Crippen molar-refractivity contribution >= 4 is 0 Å². The predicted molar refractivity (Wildman–Crippen MR) is 38.8 cm³/mol. The number of halogens is 2. The first-order valence-electron chi connectivity index (χ1n) is 3.61. The molecule has 1 aliphatic rings. The lowest BCUT2D eigenvalue weighted by Gasteiger charge is -2.25. The SMILES string of the molecule is CCN1C=CN(C(C)(F)F)C1. The Labute approximate surface area is 65.1 Å². The summed E-state index contributed by atoms with van der Waals surface area (Å²) in [5.74, 6) is 0. The summed E-state index contributed by atoms with van der Waals surface area (Å²) in [7, 11) is 0. The Hall–Kier alpha value is -0.800. The molecule has 0 amide bonds. The predicted octanol–water partition coefficient (Wildman–Crippen LogP) is 1.67. The highest BCUT2D eigenvalue weighted by Crippen LogP contribution is 2.22. The van der Waals surface area contributed by atoms with Crippen LogP contribution in [0.1, 0.15) is 13.8 Å². The van der Waals surface area contributed by atoms with E-state index < -0.39 is 6.05 Å². The zero-order chi connectivity index (χ0) is 8.48. The molecule has 64 valence electrons. The topological polar surface area (TPSA) is 6.48 Å². The van der Waals surface area contributed by atoms with Crippen molar-refractivity contribution in [2.75, 3.05) is 13.2 Å². The average Bonchev–Trinajstić information content (AvgIpc) is 2.32. The molecule has 4 heteroatoms. The monoisotopic (exact) mass is 162 g/mol. The van der Waals surface area contributed by atoms with Crippen LogP contribution in [-0.2, 0) is 0 Å². The molecular formula is C7H12F2N2. The van der Waals surface area contributed by atoms with Gasteiger partial charge in [0.15, 0.2) is 0 Å². The number of rotatable bonds is 2. The zero-order valence-corrected chi connectivity index (χ0v) is 6.72. The molecular weight excluding hydrogens is 150 g/mol. The molecule has 0 saturated heterocycles. The van der Waals surface area contributed by atoms with Crippen LogP contribution < -0.4 is 0 Å². The van der Waals surface area contributed by atoms with Crippen LogP contribution in [0, 0.1) is 0 Å². The van der Waals surface area contributed by atoms with Crippen LogP contribution in [0.15, 0.2) is 12.4 Å². The van der Waals surface area contributed by atoms with E-state index in [0.717, 1.165) is 18.4 Å². The van der Waals surface area contributed by atoms with Gasteiger partial charge in [0.2, 0.25) is 0 Å². The van der Waals surface area contributed by atoms with Crippen molar-refractivity contribution in [3.8, 4) is 0 Å². The Kier molecular flexibility index (Phi) is 2.02. The maximum absolute atomic E-state index is 12.6. The molecule has 1 aliphatic heterocycles. The summed E-state index contributed by atoms with van der Waals surface area (Å²) in [6.07, 6.45) is 3.10. The molecule has 1 rings (SSSR count). The maximum Gasteiger partial charge on any atom is 0.323 e. The highest BCUT2D eigenvalue weighted by atomic mass is 19.3. The molecule has 0 bridgehead atoms. The second-order valence-electron chi connectivity index (χ2n) is 2.66. The van der Waals surface area contributed by atoms with Gasteiger partial charge >= 0.3 is 6.05 Å². The fraction of sp³-hybridized carbons (Fsp3) is 0.714. The minimum absolute atomic E-state index is 0.292. The van der Waals surface area contributed by atoms with Crippen molar-refractivity contribution in [1.29, 1.82) is 0 Å². The van der Waals surface area contributed by atoms with Crippen LogP contribution in [0.25, 0.3) is 0 Å². The third-order valence-corrected chi connectivity index (χ3v) is 1.70. The fourth-order valence-electron chi connectivity index (χ4n) is 0.925. The number of hydrogen-bond acceptors (Lipinski definition) is 2. The lowest BCUT2D eigenvalue weighted by molar-refractivity contribution is -0.110. The summed E-state index contributed by atoms with van der Waals surface area (Å²) in [4.78, 5) is 2.83. The number of nitrogens with zero attached hydrogens (tertiary/aromatic N) is 2. The third kappa shape index (κ3) is 1.82. The van der Waals surface area contributed by atoms with Gasteiger partial charge in [0.05, 0.1) is 6.67 Å². The molecule has 0 aliphatic carbocycles. The number of hydrogen-bond donors (Lipinski definition) is 0. The molecule has 0 aromatic heterocycles. The van der Waals surface area contributed by atoms with Gasteiger partial charge in [-0.1, -0.05) is 0 Å². The highest BCUT2D eigenvalue weighted by Gasteiger charge is 2.31. The largest absolute Gasteiger partial charge is 0.359 e. The first kappa shape index (κ1) is 8.30. The van der Waals surface area contributed by atoms with E-state index in [4.69, 9.17) is 0 Å². The standard InChI is InChI=1S/C7H12F2N2/c1-3-10-4-5-11(6-10)7(2,8)9/h4-5H,3,6H2,1-2H3. The molecule has 0 atom stereocenters. The van der Waals surface area contributed by atoms with E-state index in [9.17, 15) is 8.78 Å². The van der Waals surface area contributed by atoms with Gasteiger partial charge in [-0.2, -0.15) is 8.78 Å². The molecule has 0 radical (unpaired) electrons. The van der Waals surface area contributed by atoms with Gasteiger partial charge in [0.1, 0.15) is 0 Å². The fourth-order valence-corrected chi connectivity index (χ4v) is 0.925. The summed E-state index contributed by atoms with van der Waals surface area (Å²) in [5.41, 5.74) is 0. The highest BCUT2D eigenvalue weighted by molar-refractivity contribution is 4.92. The van der Waals surface area contributed by atoms with E-state index in [1.54, 1.807) is 6.20 Å². The first-order chi connectivity index (χ1) is 5.04. The smallest absolute Gasteiger partial charge is 0.323 e. The third-order valence-electron chi connectivity index (χ3n) is 1.70. The van der Waals surface area contributed by atoms with E-state index in [0.29, 0.717) is 6.67 Å². The molecule has 0 N–H and O–H groups in total. The van der Waals surface area contributed by atoms with E-state index in [1.807, 2.05) is 11.8 Å². The van der Waals surface area contributed by atoms with Gasteiger partial charge in [-0.05, 0) is 6.92 Å². The van der Waals surface area contributed by atoms with Crippen LogP contribution in [0.3, 0.4) is 0 Å². The van der Waals surface area contributed by atoms with Crippen molar-refractivity contribution in [3.05, 3.63) is 12.4 Å². The van der Waals surface area contributed by atoms with Gasteiger partial charge in [-0.3, -0.25) is 0 Å². The molecule has 0 fully saturated rings. The van der Waals surface area contributed by atoms with Crippen molar-refractivity contribution < 1.29 is 8.78 Å². The zero-order valence-electron chi connectivity index (χ0n) is 6.72. The van der Waals surface area contributed by atoms with Gasteiger partial charge in [0, 0.05) is 25.9 Å². The normalized spacial score (nSPS) is 18.2. The Balaban J connectivity index is 2.50. The Morgan fingerprint density at radius 2 is 2.09 bits per heavy atom. The Morgan fingerprint density at radius 1 is 1.45 bits per heavy atom. The summed E-state index contributed by atoms with van der Waals surface area (Å²) < 4.78 is 25.2. The van der Waals surface area contributed by atoms with Gasteiger partial charge in [-0.25, -0.2) is 0 Å². The van der Waals surface area contributed by atoms with Crippen LogP contribution in [-0.4, -0.2) is 29.1 Å². The van der Waals surface area contributed by atoms with Crippen LogP contribution in [0.2, 0.25) is 0 Å². The summed E-state index contributed by atoms with van der Waals surface area (Å²) in [5, 5.41) is 0. The first-order valence-corrected chi connectivity index (χ1v) is 3.61. The van der Waals surface area contributed by atoms with E-state index in [-0.39, 0.29) is 0 Å². The minimum Gasteiger partial charge on any atom is -0.359 e. The van der Waals surface area contributed by atoms with Crippen molar-refractivity contribution in [1.82, 2.24) is 9.80 Å². The van der Waals surface area contributed by atoms with Crippen molar-refractivity contribution in [2.45, 2.75) is 19.9 Å². The lowest BCUT2D eigenvalue weighted by Crippen LogP contribution is -2.37. The summed E-state index contributed by atoms with van der Waals surface area (Å²) in [6, 6.07) is -2.74. The van der Waals surface area contributed by atoms with Crippen LogP contribution >= 0.6 is 0 Å². The second-order valence-corrected chi connectivity index (χ2v) is 2.66. The van der Waals surface area contributed by atoms with Crippen LogP contribution in [0.5, 0.6) is 0 Å².